The molecule has 4 rings (SSSR count). The molecule has 2 atom stereocenters. The van der Waals surface area contributed by atoms with Crippen LogP contribution in [0.15, 0.2) is 43.1 Å². The lowest BCUT2D eigenvalue weighted by Crippen LogP contribution is -2.28. The Hall–Kier alpha value is -2.68. The molecule has 9 heteroatoms. The Morgan fingerprint density at radius 1 is 1.31 bits per heavy atom. The quantitative estimate of drug-likeness (QED) is 0.691. The van der Waals surface area contributed by atoms with Crippen LogP contribution in [0.25, 0.3) is 0 Å². The van der Waals surface area contributed by atoms with E-state index < -0.39 is 17.8 Å². The zero-order valence-electron chi connectivity index (χ0n) is 15.7. The Morgan fingerprint density at radius 3 is 2.79 bits per heavy atom. The number of alkyl halides is 3. The van der Waals surface area contributed by atoms with Gasteiger partial charge in [0.15, 0.2) is 0 Å². The highest BCUT2D eigenvalue weighted by Crippen LogP contribution is 2.39. The number of ether oxygens (including phenoxy) is 1. The normalized spacial score (nSPS) is 22.1. The SMILES string of the molecule is C=CC(=O)N1C[C@@H](n2cc(C3CC3)nn2)[C@H](OCc2cccc(C(F)(F)F)c2)C1. The van der Waals surface area contributed by atoms with E-state index in [9.17, 15) is 18.0 Å². The standard InChI is InChI=1S/C20H21F3N4O2/c1-2-19(28)26-10-17(27-9-16(24-25-27)14-6-7-14)18(11-26)29-12-13-4-3-5-15(8-13)20(21,22)23/h2-5,8-9,14,17-18H,1,6-7,10-12H2/t17-,18-/m1/s1. The van der Waals surface area contributed by atoms with Gasteiger partial charge in [0.25, 0.3) is 0 Å². The number of carbonyl (C=O) groups excluding carboxylic acids is 1. The second-order valence-corrected chi connectivity index (χ2v) is 7.46. The van der Waals surface area contributed by atoms with Gasteiger partial charge in [-0.2, -0.15) is 13.2 Å². The fourth-order valence-electron chi connectivity index (χ4n) is 3.54. The predicted octanol–water partition coefficient (Wildman–Crippen LogP) is 3.33. The summed E-state index contributed by atoms with van der Waals surface area (Å²) in [5.41, 5.74) is 0.634. The van der Waals surface area contributed by atoms with Gasteiger partial charge in [0.1, 0.15) is 0 Å². The molecule has 2 aliphatic rings. The predicted molar refractivity (Wildman–Crippen MR) is 97.8 cm³/mol. The van der Waals surface area contributed by atoms with E-state index >= 15 is 0 Å². The summed E-state index contributed by atoms with van der Waals surface area (Å²) in [5.74, 6) is 0.225. The van der Waals surface area contributed by atoms with Crippen LogP contribution in [0.5, 0.6) is 0 Å². The van der Waals surface area contributed by atoms with Crippen LogP contribution >= 0.6 is 0 Å². The third-order valence-corrected chi connectivity index (χ3v) is 5.31. The molecular formula is C20H21F3N4O2. The molecule has 154 valence electrons. The summed E-state index contributed by atoms with van der Waals surface area (Å²) >= 11 is 0. The number of rotatable bonds is 6. The van der Waals surface area contributed by atoms with Crippen molar-refractivity contribution in [1.82, 2.24) is 19.9 Å². The molecule has 2 heterocycles. The second kappa shape index (κ2) is 7.62. The monoisotopic (exact) mass is 406 g/mol. The van der Waals surface area contributed by atoms with Gasteiger partial charge < -0.3 is 9.64 Å². The maximum absolute atomic E-state index is 12.9. The summed E-state index contributed by atoms with van der Waals surface area (Å²) in [5, 5.41) is 8.42. The van der Waals surface area contributed by atoms with Crippen LogP contribution in [0.3, 0.4) is 0 Å². The van der Waals surface area contributed by atoms with Gasteiger partial charge in [0.05, 0.1) is 30.0 Å². The van der Waals surface area contributed by atoms with E-state index in [-0.39, 0.29) is 18.6 Å². The maximum atomic E-state index is 12.9. The van der Waals surface area contributed by atoms with Gasteiger partial charge in [-0.1, -0.05) is 23.9 Å². The smallest absolute Gasteiger partial charge is 0.369 e. The van der Waals surface area contributed by atoms with Gasteiger partial charge >= 0.3 is 6.18 Å². The lowest BCUT2D eigenvalue weighted by Gasteiger charge is -2.19. The van der Waals surface area contributed by atoms with Crippen LogP contribution in [0.2, 0.25) is 0 Å². The Bertz CT molecular complexity index is 907. The van der Waals surface area contributed by atoms with Crippen molar-refractivity contribution < 1.29 is 22.7 Å². The molecule has 29 heavy (non-hydrogen) atoms. The first-order valence-corrected chi connectivity index (χ1v) is 9.46. The molecule has 0 radical (unpaired) electrons. The molecule has 1 aromatic carbocycles. The highest BCUT2D eigenvalue weighted by atomic mass is 19.4. The number of nitrogens with zero attached hydrogens (tertiary/aromatic N) is 4. The number of carbonyl (C=O) groups is 1. The van der Waals surface area contributed by atoms with E-state index in [1.807, 2.05) is 6.20 Å². The van der Waals surface area contributed by atoms with Gasteiger partial charge in [-0.15, -0.1) is 5.10 Å². The van der Waals surface area contributed by atoms with Crippen molar-refractivity contribution in [3.05, 3.63) is 59.9 Å². The molecule has 0 spiro atoms. The summed E-state index contributed by atoms with van der Waals surface area (Å²) in [6.07, 6.45) is 0.495. The highest BCUT2D eigenvalue weighted by Gasteiger charge is 2.38. The molecular weight excluding hydrogens is 385 g/mol. The van der Waals surface area contributed by atoms with Gasteiger partial charge in [-0.3, -0.25) is 4.79 Å². The summed E-state index contributed by atoms with van der Waals surface area (Å²) in [6.45, 7) is 4.21. The minimum absolute atomic E-state index is 0.00534. The van der Waals surface area contributed by atoms with E-state index in [0.29, 0.717) is 24.6 Å². The number of halogens is 3. The summed E-state index contributed by atoms with van der Waals surface area (Å²) in [4.78, 5) is 13.7. The average molecular weight is 406 g/mol. The fourth-order valence-corrected chi connectivity index (χ4v) is 3.54. The van der Waals surface area contributed by atoms with Crippen LogP contribution in [0, 0.1) is 0 Å². The minimum atomic E-state index is -4.40. The van der Waals surface area contributed by atoms with E-state index in [1.165, 1.54) is 12.1 Å². The van der Waals surface area contributed by atoms with Crippen molar-refractivity contribution in [3.8, 4) is 0 Å². The second-order valence-electron chi connectivity index (χ2n) is 7.46. The van der Waals surface area contributed by atoms with E-state index in [4.69, 9.17) is 4.74 Å². The van der Waals surface area contributed by atoms with Gasteiger partial charge in [0, 0.05) is 25.2 Å². The van der Waals surface area contributed by atoms with E-state index in [2.05, 4.69) is 16.9 Å². The third-order valence-electron chi connectivity index (χ3n) is 5.31. The Kier molecular flexibility index (Phi) is 5.16. The van der Waals surface area contributed by atoms with Crippen LogP contribution in [0.4, 0.5) is 13.2 Å². The van der Waals surface area contributed by atoms with E-state index in [1.54, 1.807) is 15.6 Å². The lowest BCUT2D eigenvalue weighted by atomic mass is 10.1. The highest BCUT2D eigenvalue weighted by molar-refractivity contribution is 5.87. The lowest BCUT2D eigenvalue weighted by molar-refractivity contribution is -0.137. The molecule has 1 saturated carbocycles. The topological polar surface area (TPSA) is 60.2 Å². The van der Waals surface area contributed by atoms with Crippen molar-refractivity contribution >= 4 is 5.91 Å². The minimum Gasteiger partial charge on any atom is -0.369 e. The van der Waals surface area contributed by atoms with Crippen LogP contribution in [-0.2, 0) is 22.3 Å². The number of hydrogen-bond donors (Lipinski definition) is 0. The summed E-state index contributed by atoms with van der Waals surface area (Å²) in [7, 11) is 0. The molecule has 1 aliphatic heterocycles. The first-order valence-electron chi connectivity index (χ1n) is 9.46. The molecule has 1 amide bonds. The average Bonchev–Trinajstić information content (AvgIpc) is 3.27. The maximum Gasteiger partial charge on any atom is 0.416 e. The molecule has 1 saturated heterocycles. The Labute approximate surface area is 165 Å². The van der Waals surface area contributed by atoms with Crippen molar-refractivity contribution in [1.29, 1.82) is 0 Å². The van der Waals surface area contributed by atoms with Gasteiger partial charge in [-0.25, -0.2) is 4.68 Å². The van der Waals surface area contributed by atoms with Gasteiger partial charge in [-0.05, 0) is 36.6 Å². The fraction of sp³-hybridized carbons (Fsp3) is 0.450. The molecule has 6 nitrogen and oxygen atoms in total. The van der Waals surface area contributed by atoms with E-state index in [0.717, 1.165) is 30.7 Å². The molecule has 2 fully saturated rings. The first kappa shape index (κ1) is 19.6. The molecule has 2 aromatic rings. The van der Waals surface area contributed by atoms with Crippen LogP contribution in [-0.4, -0.2) is 45.0 Å². The Balaban J connectivity index is 1.49. The number of aromatic nitrogens is 3. The largest absolute Gasteiger partial charge is 0.416 e. The van der Waals surface area contributed by atoms with Crippen molar-refractivity contribution in [2.24, 2.45) is 0 Å². The van der Waals surface area contributed by atoms with Crippen molar-refractivity contribution in [2.45, 2.75) is 43.7 Å². The third kappa shape index (κ3) is 4.34. The van der Waals surface area contributed by atoms with Gasteiger partial charge in [0.2, 0.25) is 5.91 Å². The summed E-state index contributed by atoms with van der Waals surface area (Å²) < 4.78 is 46.5. The molecule has 0 unspecified atom stereocenters. The molecule has 0 N–H and O–H groups in total. The van der Waals surface area contributed by atoms with Crippen LogP contribution in [0.1, 0.15) is 41.6 Å². The zero-order chi connectivity index (χ0) is 20.6. The molecule has 1 aromatic heterocycles. The number of hydrogen-bond acceptors (Lipinski definition) is 4. The molecule has 0 bridgehead atoms. The zero-order valence-corrected chi connectivity index (χ0v) is 15.7. The van der Waals surface area contributed by atoms with Crippen molar-refractivity contribution in [3.63, 3.8) is 0 Å². The molecule has 1 aliphatic carbocycles. The summed E-state index contributed by atoms with van der Waals surface area (Å²) in [6, 6.07) is 4.80. The number of likely N-dealkylation sites (tertiary alicyclic amines) is 1. The van der Waals surface area contributed by atoms with Crippen LogP contribution < -0.4 is 0 Å². The Morgan fingerprint density at radius 2 is 2.10 bits per heavy atom. The first-order chi connectivity index (χ1) is 13.8. The van der Waals surface area contributed by atoms with Crippen molar-refractivity contribution in [2.75, 3.05) is 13.1 Å². The number of benzene rings is 1. The number of amides is 1.